The summed E-state index contributed by atoms with van der Waals surface area (Å²) < 4.78 is 0. The third kappa shape index (κ3) is 2.45. The van der Waals surface area contributed by atoms with Gasteiger partial charge in [-0.3, -0.25) is 15.1 Å². The smallest absolute Gasteiger partial charge is 0.313 e. The lowest BCUT2D eigenvalue weighted by Crippen LogP contribution is -2.02. The molecule has 0 aliphatic heterocycles. The first-order valence-electron chi connectivity index (χ1n) is 5.52. The molecule has 5 nitrogen and oxygen atoms in total. The lowest BCUT2D eigenvalue weighted by molar-refractivity contribution is -0.384. The van der Waals surface area contributed by atoms with Crippen molar-refractivity contribution in [1.29, 1.82) is 0 Å². The van der Waals surface area contributed by atoms with Crippen LogP contribution in [-0.4, -0.2) is 9.91 Å². The van der Waals surface area contributed by atoms with Crippen LogP contribution in [0.3, 0.4) is 0 Å². The Bertz CT molecular complexity index is 582. The number of nitro groups is 1. The summed E-state index contributed by atoms with van der Waals surface area (Å²) in [7, 11) is 0. The zero-order valence-electron chi connectivity index (χ0n) is 10.2. The molecule has 0 aliphatic carbocycles. The van der Waals surface area contributed by atoms with Crippen molar-refractivity contribution >= 4 is 17.1 Å². The first-order valence-corrected chi connectivity index (χ1v) is 5.52. The third-order valence-corrected chi connectivity index (χ3v) is 2.53. The maximum absolute atomic E-state index is 11.1. The Morgan fingerprint density at radius 3 is 2.50 bits per heavy atom. The minimum Gasteiger partial charge on any atom is -0.350 e. The van der Waals surface area contributed by atoms with Gasteiger partial charge in [-0.15, -0.1) is 0 Å². The second-order valence-electron chi connectivity index (χ2n) is 3.99. The molecule has 1 N–H and O–H groups in total. The maximum atomic E-state index is 11.1. The molecule has 0 aliphatic rings. The maximum Gasteiger partial charge on any atom is 0.313 e. The van der Waals surface area contributed by atoms with Gasteiger partial charge in [0.25, 0.3) is 0 Å². The first kappa shape index (κ1) is 12.0. The normalized spacial score (nSPS) is 10.1. The molecule has 0 radical (unpaired) electrons. The third-order valence-electron chi connectivity index (χ3n) is 2.53. The van der Waals surface area contributed by atoms with Gasteiger partial charge in [0.15, 0.2) is 0 Å². The molecule has 0 amide bonds. The van der Waals surface area contributed by atoms with Crippen LogP contribution >= 0.6 is 0 Å². The minimum absolute atomic E-state index is 0.0180. The molecular formula is C13H13N3O2. The second kappa shape index (κ2) is 4.83. The zero-order valence-corrected chi connectivity index (χ0v) is 10.2. The van der Waals surface area contributed by atoms with Crippen molar-refractivity contribution in [2.45, 2.75) is 13.8 Å². The van der Waals surface area contributed by atoms with Gasteiger partial charge < -0.3 is 5.32 Å². The number of rotatable bonds is 3. The van der Waals surface area contributed by atoms with Crippen molar-refractivity contribution in [3.8, 4) is 0 Å². The molecule has 0 fully saturated rings. The van der Waals surface area contributed by atoms with Crippen molar-refractivity contribution in [3.05, 3.63) is 57.9 Å². The predicted molar refractivity (Wildman–Crippen MR) is 70.1 cm³/mol. The second-order valence-corrected chi connectivity index (χ2v) is 3.99. The molecule has 1 aromatic carbocycles. The zero-order chi connectivity index (χ0) is 13.1. The van der Waals surface area contributed by atoms with Crippen LogP contribution in [0.5, 0.6) is 0 Å². The summed E-state index contributed by atoms with van der Waals surface area (Å²) in [5, 5.41) is 14.1. The van der Waals surface area contributed by atoms with E-state index in [-0.39, 0.29) is 5.69 Å². The highest BCUT2D eigenvalue weighted by molar-refractivity contribution is 5.71. The molecule has 2 aromatic rings. The summed E-state index contributed by atoms with van der Waals surface area (Å²) in [6.45, 7) is 3.45. The number of para-hydroxylation sites is 1. The highest BCUT2D eigenvalue weighted by Gasteiger charge is 2.19. The fourth-order valence-electron chi connectivity index (χ4n) is 1.82. The van der Waals surface area contributed by atoms with E-state index in [2.05, 4.69) is 10.3 Å². The topological polar surface area (TPSA) is 68.1 Å². The quantitative estimate of drug-likeness (QED) is 0.663. The van der Waals surface area contributed by atoms with Crippen molar-refractivity contribution in [2.75, 3.05) is 5.32 Å². The molecule has 5 heteroatoms. The van der Waals surface area contributed by atoms with Gasteiger partial charge in [0, 0.05) is 11.4 Å². The first-order chi connectivity index (χ1) is 8.58. The average Bonchev–Trinajstić information content (AvgIpc) is 2.28. The number of aryl methyl sites for hydroxylation is 2. The molecular weight excluding hydrogens is 230 g/mol. The molecule has 1 aromatic heterocycles. The Labute approximate surface area is 105 Å². The van der Waals surface area contributed by atoms with E-state index in [1.165, 1.54) is 0 Å². The SMILES string of the molecule is Cc1cc(Nc2ccccc2)c([N+](=O)[O-])c(C)n1. The summed E-state index contributed by atoms with van der Waals surface area (Å²) in [5.74, 6) is 0. The number of hydrogen-bond donors (Lipinski definition) is 1. The summed E-state index contributed by atoms with van der Waals surface area (Å²) >= 11 is 0. The largest absolute Gasteiger partial charge is 0.350 e. The predicted octanol–water partition coefficient (Wildman–Crippen LogP) is 3.35. The summed E-state index contributed by atoms with van der Waals surface area (Å²) in [6, 6.07) is 11.0. The molecule has 0 atom stereocenters. The van der Waals surface area contributed by atoms with Crippen molar-refractivity contribution < 1.29 is 4.92 Å². The molecule has 2 rings (SSSR count). The van der Waals surface area contributed by atoms with E-state index in [0.717, 1.165) is 11.4 Å². The molecule has 0 spiro atoms. The number of pyridine rings is 1. The van der Waals surface area contributed by atoms with Gasteiger partial charge in [0.05, 0.1) is 4.92 Å². The van der Waals surface area contributed by atoms with Crippen LogP contribution in [0.4, 0.5) is 17.1 Å². The van der Waals surface area contributed by atoms with Crippen LogP contribution in [0.1, 0.15) is 11.4 Å². The Hall–Kier alpha value is -2.43. The van der Waals surface area contributed by atoms with Crippen molar-refractivity contribution in [1.82, 2.24) is 4.98 Å². The summed E-state index contributed by atoms with van der Waals surface area (Å²) in [5.41, 5.74) is 2.46. The highest BCUT2D eigenvalue weighted by Crippen LogP contribution is 2.30. The summed E-state index contributed by atoms with van der Waals surface area (Å²) in [4.78, 5) is 14.8. The van der Waals surface area contributed by atoms with Gasteiger partial charge in [-0.2, -0.15) is 0 Å². The van der Waals surface area contributed by atoms with Crippen molar-refractivity contribution in [3.63, 3.8) is 0 Å². The summed E-state index contributed by atoms with van der Waals surface area (Å²) in [6.07, 6.45) is 0. The van der Waals surface area contributed by atoms with Gasteiger partial charge in [-0.05, 0) is 32.0 Å². The van der Waals surface area contributed by atoms with E-state index in [1.54, 1.807) is 13.0 Å². The molecule has 1 heterocycles. The van der Waals surface area contributed by atoms with Crippen LogP contribution in [0.15, 0.2) is 36.4 Å². The molecule has 92 valence electrons. The number of aromatic nitrogens is 1. The molecule has 0 saturated heterocycles. The number of anilines is 2. The van der Waals surface area contributed by atoms with Gasteiger partial charge in [-0.1, -0.05) is 18.2 Å². The van der Waals surface area contributed by atoms with Crippen LogP contribution in [-0.2, 0) is 0 Å². The number of hydrogen-bond acceptors (Lipinski definition) is 4. The van der Waals surface area contributed by atoms with E-state index in [4.69, 9.17) is 0 Å². The van der Waals surface area contributed by atoms with Gasteiger partial charge in [0.1, 0.15) is 11.4 Å². The van der Waals surface area contributed by atoms with E-state index in [9.17, 15) is 10.1 Å². The minimum atomic E-state index is -0.410. The van der Waals surface area contributed by atoms with Crippen LogP contribution in [0.2, 0.25) is 0 Å². The fourth-order valence-corrected chi connectivity index (χ4v) is 1.82. The van der Waals surface area contributed by atoms with E-state index in [0.29, 0.717) is 11.4 Å². The van der Waals surface area contributed by atoms with Gasteiger partial charge >= 0.3 is 5.69 Å². The number of benzene rings is 1. The fraction of sp³-hybridized carbons (Fsp3) is 0.154. The Balaban J connectivity index is 2.46. The number of nitrogens with zero attached hydrogens (tertiary/aromatic N) is 2. The molecule has 0 unspecified atom stereocenters. The van der Waals surface area contributed by atoms with Crippen LogP contribution in [0, 0.1) is 24.0 Å². The Morgan fingerprint density at radius 2 is 1.89 bits per heavy atom. The van der Waals surface area contributed by atoms with E-state index < -0.39 is 4.92 Å². The number of nitrogens with one attached hydrogen (secondary N) is 1. The van der Waals surface area contributed by atoms with Crippen molar-refractivity contribution in [2.24, 2.45) is 0 Å². The molecule has 18 heavy (non-hydrogen) atoms. The Morgan fingerprint density at radius 1 is 1.22 bits per heavy atom. The monoisotopic (exact) mass is 243 g/mol. The van der Waals surface area contributed by atoms with Gasteiger partial charge in [0.2, 0.25) is 0 Å². The van der Waals surface area contributed by atoms with Crippen LogP contribution < -0.4 is 5.32 Å². The molecule has 0 saturated carbocycles. The lowest BCUT2D eigenvalue weighted by Gasteiger charge is -2.09. The van der Waals surface area contributed by atoms with Gasteiger partial charge in [-0.25, -0.2) is 0 Å². The van der Waals surface area contributed by atoms with E-state index >= 15 is 0 Å². The van der Waals surface area contributed by atoms with Crippen LogP contribution in [0.25, 0.3) is 0 Å². The average molecular weight is 243 g/mol. The lowest BCUT2D eigenvalue weighted by atomic mass is 10.2. The Kier molecular flexibility index (Phi) is 3.23. The standard InChI is InChI=1S/C13H13N3O2/c1-9-8-12(13(16(17)18)10(2)14-9)15-11-6-4-3-5-7-11/h3-8H,1-2H3,(H,14,15). The van der Waals surface area contributed by atoms with E-state index in [1.807, 2.05) is 37.3 Å². The highest BCUT2D eigenvalue weighted by atomic mass is 16.6. The molecule has 0 bridgehead atoms.